The first-order valence-corrected chi connectivity index (χ1v) is 6.67. The molecule has 1 atom stereocenters. The molecule has 7 heteroatoms. The zero-order valence-corrected chi connectivity index (χ0v) is 13.0. The number of carbonyl (C=O) groups excluding carboxylic acids is 2. The number of amides is 1. The number of nitrogens with one attached hydrogen (secondary N) is 1. The van der Waals surface area contributed by atoms with Crippen molar-refractivity contribution >= 4 is 12.1 Å². The van der Waals surface area contributed by atoms with Crippen LogP contribution in [0.3, 0.4) is 0 Å². The summed E-state index contributed by atoms with van der Waals surface area (Å²) in [5.74, 6) is -0.600. The van der Waals surface area contributed by atoms with Gasteiger partial charge in [-0.1, -0.05) is 0 Å². The Labute approximate surface area is 129 Å². The van der Waals surface area contributed by atoms with E-state index in [1.165, 1.54) is 13.3 Å². The van der Waals surface area contributed by atoms with Crippen LogP contribution in [0.15, 0.2) is 18.3 Å². The second-order valence-corrected chi connectivity index (χ2v) is 5.58. The van der Waals surface area contributed by atoms with E-state index < -0.39 is 23.7 Å². The highest BCUT2D eigenvalue weighted by Crippen LogP contribution is 2.08. The molecule has 7 nitrogen and oxygen atoms in total. The van der Waals surface area contributed by atoms with Crippen molar-refractivity contribution in [2.45, 2.75) is 38.8 Å². The Morgan fingerprint density at radius 3 is 2.55 bits per heavy atom. The first-order valence-electron chi connectivity index (χ1n) is 6.67. The largest absolute Gasteiger partial charge is 0.467 e. The van der Waals surface area contributed by atoms with E-state index in [0.29, 0.717) is 11.3 Å². The lowest BCUT2D eigenvalue weighted by Crippen LogP contribution is -2.45. The third-order valence-corrected chi connectivity index (χ3v) is 2.54. The molecule has 0 fully saturated rings. The number of rotatable bonds is 4. The minimum Gasteiger partial charge on any atom is -0.467 e. The topological polar surface area (TPSA) is 101 Å². The smallest absolute Gasteiger partial charge is 0.408 e. The number of nitriles is 1. The van der Waals surface area contributed by atoms with Gasteiger partial charge in [-0.05, 0) is 32.9 Å². The number of pyridine rings is 1. The number of nitrogens with zero attached hydrogens (tertiary/aromatic N) is 2. The van der Waals surface area contributed by atoms with Crippen LogP contribution in [0.1, 0.15) is 32.0 Å². The predicted molar refractivity (Wildman–Crippen MR) is 77.8 cm³/mol. The predicted octanol–water partition coefficient (Wildman–Crippen LogP) is 1.56. The summed E-state index contributed by atoms with van der Waals surface area (Å²) in [6, 6.07) is 4.24. The molecular formula is C15H19N3O4. The van der Waals surface area contributed by atoms with Gasteiger partial charge in [0.05, 0.1) is 12.7 Å². The summed E-state index contributed by atoms with van der Waals surface area (Å²) in [6.45, 7) is 5.17. The zero-order valence-electron chi connectivity index (χ0n) is 13.0. The van der Waals surface area contributed by atoms with Crippen LogP contribution in [0.5, 0.6) is 0 Å². The summed E-state index contributed by atoms with van der Waals surface area (Å²) in [6.07, 6.45) is 0.825. The van der Waals surface area contributed by atoms with Crippen molar-refractivity contribution in [1.29, 1.82) is 5.26 Å². The number of hydrogen-bond donors (Lipinski definition) is 1. The number of esters is 1. The highest BCUT2D eigenvalue weighted by Gasteiger charge is 2.25. The van der Waals surface area contributed by atoms with Gasteiger partial charge >= 0.3 is 12.1 Å². The van der Waals surface area contributed by atoms with E-state index in [4.69, 9.17) is 10.00 Å². The van der Waals surface area contributed by atoms with Gasteiger partial charge in [-0.2, -0.15) is 5.26 Å². The Balaban J connectivity index is 2.78. The van der Waals surface area contributed by atoms with Gasteiger partial charge in [-0.3, -0.25) is 4.98 Å². The molecular weight excluding hydrogens is 286 g/mol. The third-order valence-electron chi connectivity index (χ3n) is 2.54. The van der Waals surface area contributed by atoms with Crippen molar-refractivity contribution < 1.29 is 19.1 Å². The standard InChI is InChI=1S/C15H19N3O4/c1-15(2,3)22-14(20)18-12(13(19)21-4)7-11-6-5-10(8-16)9-17-11/h5-6,9,12H,7H2,1-4H3,(H,18,20). The second kappa shape index (κ2) is 7.41. The Bertz CT molecular complexity index is 570. The monoisotopic (exact) mass is 305 g/mol. The molecule has 1 rings (SSSR count). The zero-order chi connectivity index (χ0) is 16.8. The van der Waals surface area contributed by atoms with Crippen LogP contribution in [0.4, 0.5) is 4.79 Å². The van der Waals surface area contributed by atoms with Gasteiger partial charge in [-0.25, -0.2) is 9.59 Å². The van der Waals surface area contributed by atoms with Gasteiger partial charge in [0.25, 0.3) is 0 Å². The molecule has 0 aliphatic carbocycles. The summed E-state index contributed by atoms with van der Waals surface area (Å²) in [4.78, 5) is 27.6. The molecule has 118 valence electrons. The number of methoxy groups -OCH3 is 1. The van der Waals surface area contributed by atoms with Gasteiger partial charge in [0.1, 0.15) is 17.7 Å². The van der Waals surface area contributed by atoms with Crippen molar-refractivity contribution in [2.75, 3.05) is 7.11 Å². The summed E-state index contributed by atoms with van der Waals surface area (Å²) in [5, 5.41) is 11.2. The molecule has 0 aromatic carbocycles. The Hall–Kier alpha value is -2.62. The molecule has 22 heavy (non-hydrogen) atoms. The first kappa shape index (κ1) is 17.4. The van der Waals surface area contributed by atoms with Crippen LogP contribution in [-0.2, 0) is 20.7 Å². The molecule has 1 heterocycles. The molecule has 1 unspecified atom stereocenters. The van der Waals surface area contributed by atoms with E-state index in [-0.39, 0.29) is 6.42 Å². The lowest BCUT2D eigenvalue weighted by Gasteiger charge is -2.22. The molecule has 1 aromatic heterocycles. The Morgan fingerprint density at radius 2 is 2.09 bits per heavy atom. The molecule has 1 amide bonds. The number of ether oxygens (including phenoxy) is 2. The molecule has 0 aliphatic heterocycles. The third kappa shape index (κ3) is 5.79. The SMILES string of the molecule is COC(=O)C(Cc1ccc(C#N)cn1)NC(=O)OC(C)(C)C. The Kier molecular flexibility index (Phi) is 5.87. The van der Waals surface area contributed by atoms with Crippen LogP contribution in [0.2, 0.25) is 0 Å². The fourth-order valence-electron chi connectivity index (χ4n) is 1.61. The van der Waals surface area contributed by atoms with Gasteiger partial charge in [0, 0.05) is 18.3 Å². The normalized spacial score (nSPS) is 12.0. The average Bonchev–Trinajstić information content (AvgIpc) is 2.44. The number of carbonyl (C=O) groups is 2. The minimum absolute atomic E-state index is 0.137. The van der Waals surface area contributed by atoms with Crippen molar-refractivity contribution in [3.63, 3.8) is 0 Å². The average molecular weight is 305 g/mol. The lowest BCUT2D eigenvalue weighted by atomic mass is 10.1. The molecule has 1 N–H and O–H groups in total. The summed E-state index contributed by atoms with van der Waals surface area (Å²) in [7, 11) is 1.23. The Morgan fingerprint density at radius 1 is 1.41 bits per heavy atom. The molecule has 1 aromatic rings. The van der Waals surface area contributed by atoms with Crippen molar-refractivity contribution in [3.05, 3.63) is 29.6 Å². The van der Waals surface area contributed by atoms with Crippen molar-refractivity contribution in [3.8, 4) is 6.07 Å². The van der Waals surface area contributed by atoms with Crippen LogP contribution >= 0.6 is 0 Å². The van der Waals surface area contributed by atoms with E-state index in [1.807, 2.05) is 6.07 Å². The van der Waals surface area contributed by atoms with E-state index in [9.17, 15) is 9.59 Å². The highest BCUT2D eigenvalue weighted by atomic mass is 16.6. The van der Waals surface area contributed by atoms with E-state index in [1.54, 1.807) is 32.9 Å². The van der Waals surface area contributed by atoms with Crippen LogP contribution < -0.4 is 5.32 Å². The number of alkyl carbamates (subject to hydrolysis) is 1. The maximum atomic E-state index is 11.8. The van der Waals surface area contributed by atoms with E-state index >= 15 is 0 Å². The summed E-state index contributed by atoms with van der Waals surface area (Å²) >= 11 is 0. The fraction of sp³-hybridized carbons (Fsp3) is 0.467. The number of hydrogen-bond acceptors (Lipinski definition) is 6. The lowest BCUT2D eigenvalue weighted by molar-refractivity contribution is -0.143. The first-order chi connectivity index (χ1) is 10.2. The molecule has 0 radical (unpaired) electrons. The molecule has 0 saturated carbocycles. The molecule has 0 aliphatic rings. The molecule has 0 bridgehead atoms. The van der Waals surface area contributed by atoms with Crippen LogP contribution in [0.25, 0.3) is 0 Å². The van der Waals surface area contributed by atoms with E-state index in [0.717, 1.165) is 0 Å². The fourth-order valence-corrected chi connectivity index (χ4v) is 1.61. The highest BCUT2D eigenvalue weighted by molar-refractivity contribution is 5.81. The van der Waals surface area contributed by atoms with Gasteiger partial charge < -0.3 is 14.8 Å². The van der Waals surface area contributed by atoms with Gasteiger partial charge in [0.2, 0.25) is 0 Å². The molecule has 0 spiro atoms. The quantitative estimate of drug-likeness (QED) is 0.847. The maximum absolute atomic E-state index is 11.8. The summed E-state index contributed by atoms with van der Waals surface area (Å²) < 4.78 is 9.79. The second-order valence-electron chi connectivity index (χ2n) is 5.58. The van der Waals surface area contributed by atoms with E-state index in [2.05, 4.69) is 15.0 Å². The maximum Gasteiger partial charge on any atom is 0.408 e. The minimum atomic E-state index is -0.916. The van der Waals surface area contributed by atoms with Crippen LogP contribution in [-0.4, -0.2) is 35.8 Å². The van der Waals surface area contributed by atoms with Crippen LogP contribution in [0, 0.1) is 11.3 Å². The van der Waals surface area contributed by atoms with Gasteiger partial charge in [-0.15, -0.1) is 0 Å². The number of aromatic nitrogens is 1. The van der Waals surface area contributed by atoms with Gasteiger partial charge in [0.15, 0.2) is 0 Å². The van der Waals surface area contributed by atoms with Crippen molar-refractivity contribution in [2.24, 2.45) is 0 Å². The summed E-state index contributed by atoms with van der Waals surface area (Å²) in [5.41, 5.74) is 0.293. The van der Waals surface area contributed by atoms with Crippen molar-refractivity contribution in [1.82, 2.24) is 10.3 Å². The molecule has 0 saturated heterocycles.